The van der Waals surface area contributed by atoms with Crippen molar-refractivity contribution in [1.82, 2.24) is 0 Å². The number of hydrogen-bond donors (Lipinski definition) is 2. The van der Waals surface area contributed by atoms with Crippen molar-refractivity contribution in [2.75, 3.05) is 6.61 Å². The van der Waals surface area contributed by atoms with Gasteiger partial charge >= 0.3 is 6.18 Å². The van der Waals surface area contributed by atoms with Gasteiger partial charge in [-0.1, -0.05) is 19.9 Å². The molecule has 1 atom stereocenters. The second kappa shape index (κ2) is 4.85. The smallest absolute Gasteiger partial charge is 0.396 e. The first-order chi connectivity index (χ1) is 8.11. The van der Waals surface area contributed by atoms with Gasteiger partial charge < -0.3 is 10.8 Å². The van der Waals surface area contributed by atoms with Crippen molar-refractivity contribution in [3.63, 3.8) is 0 Å². The number of nitrogens with two attached hydrogens (primary N) is 1. The molecule has 0 aromatic heterocycles. The van der Waals surface area contributed by atoms with E-state index in [1.54, 1.807) is 0 Å². The van der Waals surface area contributed by atoms with E-state index in [0.29, 0.717) is 0 Å². The van der Waals surface area contributed by atoms with Gasteiger partial charge in [-0.25, -0.2) is 4.39 Å². The molecule has 18 heavy (non-hydrogen) atoms. The van der Waals surface area contributed by atoms with E-state index in [4.69, 9.17) is 10.8 Å². The van der Waals surface area contributed by atoms with Crippen molar-refractivity contribution in [2.24, 2.45) is 11.1 Å². The molecule has 2 nitrogen and oxygen atoms in total. The highest BCUT2D eigenvalue weighted by Gasteiger charge is 2.39. The Morgan fingerprint density at radius 1 is 1.28 bits per heavy atom. The Labute approximate surface area is 102 Å². The fourth-order valence-electron chi connectivity index (χ4n) is 1.59. The monoisotopic (exact) mass is 265 g/mol. The largest absolute Gasteiger partial charge is 0.416 e. The van der Waals surface area contributed by atoms with Crippen LogP contribution in [0.5, 0.6) is 0 Å². The third kappa shape index (κ3) is 2.81. The Bertz CT molecular complexity index is 429. The van der Waals surface area contributed by atoms with Crippen LogP contribution in [0.2, 0.25) is 0 Å². The van der Waals surface area contributed by atoms with Crippen molar-refractivity contribution in [3.05, 3.63) is 35.1 Å². The molecule has 6 heteroatoms. The topological polar surface area (TPSA) is 46.2 Å². The molecule has 1 rings (SSSR count). The fourth-order valence-corrected chi connectivity index (χ4v) is 1.59. The summed E-state index contributed by atoms with van der Waals surface area (Å²) in [5.74, 6) is -1.01. The maximum Gasteiger partial charge on any atom is 0.416 e. The molecule has 0 saturated carbocycles. The lowest BCUT2D eigenvalue weighted by atomic mass is 9.80. The Morgan fingerprint density at radius 2 is 1.83 bits per heavy atom. The van der Waals surface area contributed by atoms with Gasteiger partial charge in [0.1, 0.15) is 5.82 Å². The normalized spacial score (nSPS) is 14.7. The molecule has 3 N–H and O–H groups in total. The van der Waals surface area contributed by atoms with Gasteiger partial charge in [0.25, 0.3) is 0 Å². The molecule has 1 aromatic carbocycles. The molecule has 0 amide bonds. The van der Waals surface area contributed by atoms with Gasteiger partial charge in [-0.15, -0.1) is 0 Å². The summed E-state index contributed by atoms with van der Waals surface area (Å²) in [6, 6.07) is 1.45. The molecule has 0 aliphatic heterocycles. The van der Waals surface area contributed by atoms with E-state index < -0.39 is 41.2 Å². The average Bonchev–Trinajstić information content (AvgIpc) is 2.26. The molecule has 0 heterocycles. The second-order valence-electron chi connectivity index (χ2n) is 4.82. The molecular weight excluding hydrogens is 250 g/mol. The van der Waals surface area contributed by atoms with E-state index in [-0.39, 0.29) is 0 Å². The van der Waals surface area contributed by atoms with Crippen LogP contribution in [0.15, 0.2) is 18.2 Å². The number of aliphatic hydroxyl groups excluding tert-OH is 1. The lowest BCUT2D eigenvalue weighted by Gasteiger charge is -2.31. The average molecular weight is 265 g/mol. The summed E-state index contributed by atoms with van der Waals surface area (Å²) in [5, 5.41) is 9.13. The zero-order valence-electron chi connectivity index (χ0n) is 10.1. The highest BCUT2D eigenvalue weighted by molar-refractivity contribution is 5.34. The van der Waals surface area contributed by atoms with Gasteiger partial charge in [-0.2, -0.15) is 13.2 Å². The number of alkyl halides is 3. The van der Waals surface area contributed by atoms with Crippen LogP contribution in [-0.4, -0.2) is 11.7 Å². The third-order valence-electron chi connectivity index (χ3n) is 2.92. The maximum absolute atomic E-state index is 13.6. The van der Waals surface area contributed by atoms with Crippen LogP contribution in [0, 0.1) is 11.2 Å². The third-order valence-corrected chi connectivity index (χ3v) is 2.92. The molecule has 1 aromatic rings. The number of rotatable bonds is 3. The van der Waals surface area contributed by atoms with Crippen LogP contribution in [-0.2, 0) is 6.18 Å². The van der Waals surface area contributed by atoms with Gasteiger partial charge in [0.05, 0.1) is 5.56 Å². The van der Waals surface area contributed by atoms with Gasteiger partial charge in [0, 0.05) is 23.6 Å². The van der Waals surface area contributed by atoms with E-state index in [0.717, 1.165) is 18.2 Å². The molecule has 0 aliphatic rings. The molecule has 0 aliphatic carbocycles. The van der Waals surface area contributed by atoms with Crippen molar-refractivity contribution in [1.29, 1.82) is 0 Å². The van der Waals surface area contributed by atoms with Gasteiger partial charge in [-0.05, 0) is 12.1 Å². The summed E-state index contributed by atoms with van der Waals surface area (Å²) in [7, 11) is 0. The Morgan fingerprint density at radius 3 is 2.28 bits per heavy atom. The maximum atomic E-state index is 13.6. The summed E-state index contributed by atoms with van der Waals surface area (Å²) < 4.78 is 52.0. The van der Waals surface area contributed by atoms with Crippen LogP contribution in [0.1, 0.15) is 31.0 Å². The number of hydrogen-bond acceptors (Lipinski definition) is 2. The van der Waals surface area contributed by atoms with Crippen LogP contribution >= 0.6 is 0 Å². The van der Waals surface area contributed by atoms with E-state index in [2.05, 4.69) is 0 Å². The van der Waals surface area contributed by atoms with E-state index in [9.17, 15) is 17.6 Å². The molecule has 0 spiro atoms. The highest BCUT2D eigenvalue weighted by Crippen LogP contribution is 2.40. The zero-order chi connectivity index (χ0) is 14.1. The molecule has 0 fully saturated rings. The molecule has 102 valence electrons. The van der Waals surface area contributed by atoms with Gasteiger partial charge in [-0.3, -0.25) is 0 Å². The Hall–Kier alpha value is -1.14. The molecule has 0 saturated heterocycles. The lowest BCUT2D eigenvalue weighted by molar-refractivity contribution is -0.139. The molecule has 0 bridgehead atoms. The van der Waals surface area contributed by atoms with Crippen LogP contribution in [0.3, 0.4) is 0 Å². The molecular formula is C12H15F4NO. The van der Waals surface area contributed by atoms with E-state index in [1.807, 2.05) is 0 Å². The SMILES string of the molecule is CC(C)(CO)[C@@H](N)c1c(F)cccc1C(F)(F)F. The minimum Gasteiger partial charge on any atom is -0.396 e. The summed E-state index contributed by atoms with van der Waals surface area (Å²) in [5.41, 5.74) is 2.92. The van der Waals surface area contributed by atoms with Crippen LogP contribution in [0.25, 0.3) is 0 Å². The number of halogens is 4. The van der Waals surface area contributed by atoms with Gasteiger partial charge in [0.2, 0.25) is 0 Å². The zero-order valence-corrected chi connectivity index (χ0v) is 10.1. The summed E-state index contributed by atoms with van der Waals surface area (Å²) >= 11 is 0. The Kier molecular flexibility index (Phi) is 4.02. The summed E-state index contributed by atoms with van der Waals surface area (Å²) in [6.45, 7) is 2.51. The standard InChI is InChI=1S/C12H15F4NO/c1-11(2,6-18)10(17)9-7(12(14,15)16)4-3-5-8(9)13/h3-5,10,18H,6,17H2,1-2H3/t10-/m0/s1. The summed E-state index contributed by atoms with van der Waals surface area (Å²) in [6.07, 6.45) is -4.68. The first-order valence-electron chi connectivity index (χ1n) is 5.33. The lowest BCUT2D eigenvalue weighted by Crippen LogP contribution is -2.34. The minimum absolute atomic E-state index is 0.445. The number of aliphatic hydroxyl groups is 1. The first kappa shape index (κ1) is 14.9. The van der Waals surface area contributed by atoms with Crippen LogP contribution in [0.4, 0.5) is 17.6 Å². The van der Waals surface area contributed by atoms with Crippen molar-refractivity contribution >= 4 is 0 Å². The minimum atomic E-state index is -4.68. The van der Waals surface area contributed by atoms with Crippen molar-refractivity contribution in [2.45, 2.75) is 26.1 Å². The molecule has 0 radical (unpaired) electrons. The highest BCUT2D eigenvalue weighted by atomic mass is 19.4. The quantitative estimate of drug-likeness (QED) is 0.825. The van der Waals surface area contributed by atoms with Crippen LogP contribution < -0.4 is 5.73 Å². The van der Waals surface area contributed by atoms with E-state index >= 15 is 0 Å². The first-order valence-corrected chi connectivity index (χ1v) is 5.33. The predicted octanol–water partition coefficient (Wildman–Crippen LogP) is 2.86. The summed E-state index contributed by atoms with van der Waals surface area (Å²) in [4.78, 5) is 0. The molecule has 0 unspecified atom stereocenters. The van der Waals surface area contributed by atoms with Crippen molar-refractivity contribution in [3.8, 4) is 0 Å². The Balaban J connectivity index is 3.40. The fraction of sp³-hybridized carbons (Fsp3) is 0.500. The number of benzene rings is 1. The predicted molar refractivity (Wildman–Crippen MR) is 59.2 cm³/mol. The van der Waals surface area contributed by atoms with E-state index in [1.165, 1.54) is 13.8 Å². The van der Waals surface area contributed by atoms with Crippen molar-refractivity contribution < 1.29 is 22.7 Å². The second-order valence-corrected chi connectivity index (χ2v) is 4.82. The van der Waals surface area contributed by atoms with Gasteiger partial charge in [0.15, 0.2) is 0 Å².